The van der Waals surface area contributed by atoms with Crippen molar-refractivity contribution >= 4 is 27.5 Å². The normalized spacial score (nSPS) is 17.8. The minimum absolute atomic E-state index is 0.425. The number of hydrogen-bond acceptors (Lipinski definition) is 1. The summed E-state index contributed by atoms with van der Waals surface area (Å²) in [5.41, 5.74) is 1.25. The summed E-state index contributed by atoms with van der Waals surface area (Å²) < 4.78 is 1.11. The van der Waals surface area contributed by atoms with E-state index in [4.69, 9.17) is 11.6 Å². The largest absolute Gasteiger partial charge is 0.310 e. The zero-order chi connectivity index (χ0) is 12.3. The second-order valence-corrected chi connectivity index (χ2v) is 6.11. The molecule has 3 heteroatoms. The number of halogens is 2. The van der Waals surface area contributed by atoms with Crippen molar-refractivity contribution in [2.45, 2.75) is 38.6 Å². The molecule has 0 bridgehead atoms. The first kappa shape index (κ1) is 13.4. The first-order valence-electron chi connectivity index (χ1n) is 6.40. The van der Waals surface area contributed by atoms with E-state index in [0.717, 1.165) is 28.4 Å². The molecular formula is C14H19BrClN. The zero-order valence-electron chi connectivity index (χ0n) is 10.2. The Morgan fingerprint density at radius 1 is 1.47 bits per heavy atom. The van der Waals surface area contributed by atoms with Gasteiger partial charge in [0.05, 0.1) is 0 Å². The molecule has 1 nitrogen and oxygen atoms in total. The number of nitrogens with one attached hydrogen (secondary N) is 1. The van der Waals surface area contributed by atoms with Gasteiger partial charge in [-0.15, -0.1) is 0 Å². The average Bonchev–Trinajstić information content (AvgIpc) is 2.25. The molecular weight excluding hydrogens is 298 g/mol. The van der Waals surface area contributed by atoms with Crippen LogP contribution in [-0.4, -0.2) is 6.54 Å². The van der Waals surface area contributed by atoms with Gasteiger partial charge in [0.2, 0.25) is 0 Å². The predicted octanol–water partition coefficient (Wildman–Crippen LogP) is 4.94. The molecule has 1 atom stereocenters. The summed E-state index contributed by atoms with van der Waals surface area (Å²) in [6.45, 7) is 3.26. The van der Waals surface area contributed by atoms with E-state index in [2.05, 4.69) is 34.2 Å². The summed E-state index contributed by atoms with van der Waals surface area (Å²) in [6.07, 6.45) is 5.17. The number of hydrogen-bond donors (Lipinski definition) is 1. The molecule has 0 radical (unpaired) electrons. The van der Waals surface area contributed by atoms with Crippen LogP contribution in [0.15, 0.2) is 22.7 Å². The molecule has 0 aromatic heterocycles. The van der Waals surface area contributed by atoms with E-state index in [0.29, 0.717) is 6.04 Å². The molecule has 1 aliphatic carbocycles. The van der Waals surface area contributed by atoms with Gasteiger partial charge in [0.25, 0.3) is 0 Å². The second-order valence-electron chi connectivity index (χ2n) is 4.79. The van der Waals surface area contributed by atoms with Crippen LogP contribution >= 0.6 is 27.5 Å². The van der Waals surface area contributed by atoms with E-state index in [9.17, 15) is 0 Å². The van der Waals surface area contributed by atoms with Crippen LogP contribution in [0, 0.1) is 5.92 Å². The molecule has 1 unspecified atom stereocenters. The van der Waals surface area contributed by atoms with Gasteiger partial charge in [-0.2, -0.15) is 0 Å². The molecule has 0 saturated heterocycles. The molecule has 94 valence electrons. The van der Waals surface area contributed by atoms with Gasteiger partial charge in [-0.25, -0.2) is 0 Å². The van der Waals surface area contributed by atoms with Crippen LogP contribution in [0.25, 0.3) is 0 Å². The van der Waals surface area contributed by atoms with Crippen molar-refractivity contribution in [1.29, 1.82) is 0 Å². The molecule has 0 heterocycles. The lowest BCUT2D eigenvalue weighted by atomic mass is 9.77. The fourth-order valence-electron chi connectivity index (χ4n) is 2.36. The van der Waals surface area contributed by atoms with E-state index in [1.54, 1.807) is 0 Å². The molecule has 1 aliphatic rings. The Balaban J connectivity index is 2.20. The lowest BCUT2D eigenvalue weighted by Crippen LogP contribution is -2.32. The van der Waals surface area contributed by atoms with Crippen LogP contribution in [0.5, 0.6) is 0 Å². The third-order valence-electron chi connectivity index (χ3n) is 3.53. The molecule has 0 aliphatic heterocycles. The molecule has 1 fully saturated rings. The van der Waals surface area contributed by atoms with Gasteiger partial charge < -0.3 is 5.32 Å². The Morgan fingerprint density at radius 3 is 2.82 bits per heavy atom. The van der Waals surface area contributed by atoms with Gasteiger partial charge in [-0.05, 0) is 55.5 Å². The van der Waals surface area contributed by atoms with Gasteiger partial charge >= 0.3 is 0 Å². The lowest BCUT2D eigenvalue weighted by Gasteiger charge is -2.35. The van der Waals surface area contributed by atoms with Gasteiger partial charge in [0.1, 0.15) is 0 Å². The summed E-state index contributed by atoms with van der Waals surface area (Å²) in [6, 6.07) is 6.58. The zero-order valence-corrected chi connectivity index (χ0v) is 12.5. The van der Waals surface area contributed by atoms with Gasteiger partial charge in [0, 0.05) is 15.5 Å². The van der Waals surface area contributed by atoms with Crippen molar-refractivity contribution < 1.29 is 0 Å². The third kappa shape index (κ3) is 3.24. The monoisotopic (exact) mass is 315 g/mol. The molecule has 1 saturated carbocycles. The van der Waals surface area contributed by atoms with Crippen molar-refractivity contribution in [1.82, 2.24) is 5.32 Å². The molecule has 1 N–H and O–H groups in total. The maximum Gasteiger partial charge on any atom is 0.0454 e. The van der Waals surface area contributed by atoms with E-state index in [1.165, 1.54) is 24.8 Å². The molecule has 1 aromatic carbocycles. The first-order valence-corrected chi connectivity index (χ1v) is 7.57. The minimum Gasteiger partial charge on any atom is -0.310 e. The molecule has 1 aromatic rings. The van der Waals surface area contributed by atoms with Crippen molar-refractivity contribution in [2.24, 2.45) is 5.92 Å². The van der Waals surface area contributed by atoms with E-state index < -0.39 is 0 Å². The van der Waals surface area contributed by atoms with Crippen LogP contribution in [0.4, 0.5) is 0 Å². The fourth-order valence-corrected chi connectivity index (χ4v) is 2.97. The van der Waals surface area contributed by atoms with E-state index in [1.807, 2.05) is 12.1 Å². The standard InChI is InChI=1S/C14H19BrClN/c1-2-8-17-14(10-4-3-5-10)12-9-11(15)6-7-13(12)16/h6-7,9-10,14,17H,2-5,8H2,1H3. The van der Waals surface area contributed by atoms with Crippen molar-refractivity contribution in [2.75, 3.05) is 6.54 Å². The van der Waals surface area contributed by atoms with E-state index >= 15 is 0 Å². The van der Waals surface area contributed by atoms with Gasteiger partial charge in [0.15, 0.2) is 0 Å². The summed E-state index contributed by atoms with van der Waals surface area (Å²) in [7, 11) is 0. The molecule has 0 amide bonds. The van der Waals surface area contributed by atoms with Crippen molar-refractivity contribution in [3.05, 3.63) is 33.3 Å². The molecule has 2 rings (SSSR count). The Labute approximate surface area is 117 Å². The summed E-state index contributed by atoms with van der Waals surface area (Å²) in [5.74, 6) is 0.758. The Kier molecular flexibility index (Phi) is 4.89. The summed E-state index contributed by atoms with van der Waals surface area (Å²) >= 11 is 9.87. The highest BCUT2D eigenvalue weighted by atomic mass is 79.9. The highest BCUT2D eigenvalue weighted by Gasteiger charge is 2.29. The summed E-state index contributed by atoms with van der Waals surface area (Å²) in [5, 5.41) is 4.53. The quantitative estimate of drug-likeness (QED) is 0.811. The Bertz CT molecular complexity index is 376. The summed E-state index contributed by atoms with van der Waals surface area (Å²) in [4.78, 5) is 0. The smallest absolute Gasteiger partial charge is 0.0454 e. The highest BCUT2D eigenvalue weighted by molar-refractivity contribution is 9.10. The third-order valence-corrected chi connectivity index (χ3v) is 4.37. The highest BCUT2D eigenvalue weighted by Crippen LogP contribution is 2.40. The maximum atomic E-state index is 6.33. The van der Waals surface area contributed by atoms with Crippen LogP contribution < -0.4 is 5.32 Å². The molecule has 0 spiro atoms. The van der Waals surface area contributed by atoms with Crippen LogP contribution in [0.3, 0.4) is 0 Å². The lowest BCUT2D eigenvalue weighted by molar-refractivity contribution is 0.231. The van der Waals surface area contributed by atoms with E-state index in [-0.39, 0.29) is 0 Å². The fraction of sp³-hybridized carbons (Fsp3) is 0.571. The topological polar surface area (TPSA) is 12.0 Å². The van der Waals surface area contributed by atoms with Gasteiger partial charge in [-0.1, -0.05) is 40.9 Å². The Hall–Kier alpha value is -0.0500. The maximum absolute atomic E-state index is 6.33. The second kappa shape index (κ2) is 6.21. The van der Waals surface area contributed by atoms with Crippen molar-refractivity contribution in [3.8, 4) is 0 Å². The number of rotatable bonds is 5. The molecule has 17 heavy (non-hydrogen) atoms. The predicted molar refractivity (Wildman–Crippen MR) is 77.5 cm³/mol. The average molecular weight is 317 g/mol. The first-order chi connectivity index (χ1) is 8.22. The number of benzene rings is 1. The van der Waals surface area contributed by atoms with Crippen LogP contribution in [0.1, 0.15) is 44.2 Å². The Morgan fingerprint density at radius 2 is 2.24 bits per heavy atom. The van der Waals surface area contributed by atoms with Crippen LogP contribution in [-0.2, 0) is 0 Å². The van der Waals surface area contributed by atoms with Crippen molar-refractivity contribution in [3.63, 3.8) is 0 Å². The SMILES string of the molecule is CCCNC(c1cc(Br)ccc1Cl)C1CCC1. The minimum atomic E-state index is 0.425. The van der Waals surface area contributed by atoms with Crippen LogP contribution in [0.2, 0.25) is 5.02 Å². The van der Waals surface area contributed by atoms with Gasteiger partial charge in [-0.3, -0.25) is 0 Å².